The number of rotatable bonds is 4. The Hall–Kier alpha value is -2.41. The summed E-state index contributed by atoms with van der Waals surface area (Å²) in [6.07, 6.45) is 0.505. The van der Waals surface area contributed by atoms with Gasteiger partial charge in [-0.3, -0.25) is 4.98 Å². The van der Waals surface area contributed by atoms with Crippen LogP contribution in [0.5, 0.6) is 0 Å². The Bertz CT molecular complexity index is 809. The van der Waals surface area contributed by atoms with E-state index in [1.165, 1.54) is 0 Å². The first-order chi connectivity index (χ1) is 11.5. The molecule has 0 aliphatic rings. The second-order valence-electron chi connectivity index (χ2n) is 5.67. The highest BCUT2D eigenvalue weighted by molar-refractivity contribution is 5.70. The molecule has 0 amide bonds. The highest BCUT2D eigenvalue weighted by Gasteiger charge is 2.03. The van der Waals surface area contributed by atoms with Gasteiger partial charge in [0.1, 0.15) is 0 Å². The summed E-state index contributed by atoms with van der Waals surface area (Å²) in [4.78, 5) is 4.46. The lowest BCUT2D eigenvalue weighted by atomic mass is 9.99. The Morgan fingerprint density at radius 3 is 2.27 bits per heavy atom. The van der Waals surface area contributed by atoms with Crippen LogP contribution in [0, 0.1) is 5.92 Å². The van der Waals surface area contributed by atoms with Gasteiger partial charge in [-0.25, -0.2) is 0 Å². The Labute approximate surface area is 135 Å². The van der Waals surface area contributed by atoms with Crippen molar-refractivity contribution in [2.75, 3.05) is 0 Å². The molecule has 110 valence electrons. The van der Waals surface area contributed by atoms with Crippen molar-refractivity contribution in [2.45, 2.75) is 20.2 Å². The van der Waals surface area contributed by atoms with Gasteiger partial charge in [-0.05, 0) is 41.1 Å². The average molecular weight is 289 g/mol. The number of hydrogen-bond acceptors (Lipinski definition) is 1. The summed E-state index contributed by atoms with van der Waals surface area (Å²) in [5, 5.41) is 0. The third kappa shape index (κ3) is 3.43. The summed E-state index contributed by atoms with van der Waals surface area (Å²) in [7, 11) is 0. The third-order valence-electron chi connectivity index (χ3n) is 3.50. The minimum absolute atomic E-state index is 0.0611. The van der Waals surface area contributed by atoms with Gasteiger partial charge in [-0.2, -0.15) is 0 Å². The van der Waals surface area contributed by atoms with Gasteiger partial charge in [-0.1, -0.05) is 68.4 Å². The van der Waals surface area contributed by atoms with Crippen LogP contribution in [0.25, 0.3) is 22.4 Å². The van der Waals surface area contributed by atoms with Crippen LogP contribution in [-0.2, 0) is 6.37 Å². The standard InChI is InChI=1S/C21H21N/c1-16(2)14-17-8-10-18(11-9-17)20-12-13-22-21(15-20)19-6-4-3-5-7-19/h3-13,15-16H,14H2,1-2H3/i14D2. The zero-order valence-corrected chi connectivity index (χ0v) is 13.0. The quantitative estimate of drug-likeness (QED) is 0.608. The zero-order valence-electron chi connectivity index (χ0n) is 15.0. The Kier molecular flexibility index (Phi) is 3.63. The zero-order chi connectivity index (χ0) is 17.2. The van der Waals surface area contributed by atoms with Crippen LogP contribution in [0.1, 0.15) is 22.2 Å². The van der Waals surface area contributed by atoms with Crippen molar-refractivity contribution in [2.24, 2.45) is 5.92 Å². The molecule has 1 heteroatoms. The average Bonchev–Trinajstić information content (AvgIpc) is 2.62. The van der Waals surface area contributed by atoms with Gasteiger partial charge in [-0.15, -0.1) is 0 Å². The molecule has 1 aromatic heterocycles. The van der Waals surface area contributed by atoms with E-state index in [-0.39, 0.29) is 5.92 Å². The summed E-state index contributed by atoms with van der Waals surface area (Å²) in [5.41, 5.74) is 4.90. The van der Waals surface area contributed by atoms with E-state index < -0.39 is 6.37 Å². The second kappa shape index (κ2) is 6.57. The summed E-state index contributed by atoms with van der Waals surface area (Å²) >= 11 is 0. The SMILES string of the molecule is [2H]C([2H])(c1ccc(-c2ccnc(-c3ccccc3)c2)cc1)C(C)C. The largest absolute Gasteiger partial charge is 0.256 e. The van der Waals surface area contributed by atoms with Gasteiger partial charge >= 0.3 is 0 Å². The van der Waals surface area contributed by atoms with Crippen molar-refractivity contribution in [3.8, 4) is 22.4 Å². The van der Waals surface area contributed by atoms with Gasteiger partial charge in [0.25, 0.3) is 0 Å². The van der Waals surface area contributed by atoms with Crippen molar-refractivity contribution >= 4 is 0 Å². The van der Waals surface area contributed by atoms with Crippen molar-refractivity contribution in [3.63, 3.8) is 0 Å². The monoisotopic (exact) mass is 289 g/mol. The summed E-state index contributed by atoms with van der Waals surface area (Å²) in [6, 6.07) is 21.9. The molecule has 0 bridgehead atoms. The van der Waals surface area contributed by atoms with Gasteiger partial charge < -0.3 is 0 Å². The predicted molar refractivity (Wildman–Crippen MR) is 93.7 cm³/mol. The lowest BCUT2D eigenvalue weighted by Crippen LogP contribution is -1.93. The molecule has 3 rings (SSSR count). The van der Waals surface area contributed by atoms with E-state index >= 15 is 0 Å². The predicted octanol–water partition coefficient (Wildman–Crippen LogP) is 5.61. The van der Waals surface area contributed by atoms with Crippen molar-refractivity contribution in [1.29, 1.82) is 0 Å². The second-order valence-corrected chi connectivity index (χ2v) is 5.67. The maximum absolute atomic E-state index is 8.20. The molecule has 0 unspecified atom stereocenters. The van der Waals surface area contributed by atoms with Crippen LogP contribution in [0.4, 0.5) is 0 Å². The van der Waals surface area contributed by atoms with Gasteiger partial charge in [0.15, 0.2) is 0 Å². The third-order valence-corrected chi connectivity index (χ3v) is 3.50. The van der Waals surface area contributed by atoms with Gasteiger partial charge in [0.05, 0.1) is 5.69 Å². The van der Waals surface area contributed by atoms with Crippen LogP contribution in [0.2, 0.25) is 0 Å². The molecule has 0 fully saturated rings. The number of hydrogen-bond donors (Lipinski definition) is 0. The number of pyridine rings is 1. The molecule has 0 radical (unpaired) electrons. The topological polar surface area (TPSA) is 12.9 Å². The molecule has 1 nitrogen and oxygen atoms in total. The van der Waals surface area contributed by atoms with E-state index in [1.807, 2.05) is 80.7 Å². The smallest absolute Gasteiger partial charge is 0.0708 e. The molecule has 0 saturated heterocycles. The van der Waals surface area contributed by atoms with E-state index in [2.05, 4.69) is 11.1 Å². The van der Waals surface area contributed by atoms with Crippen molar-refractivity contribution in [3.05, 3.63) is 78.5 Å². The molecule has 0 aliphatic heterocycles. The summed E-state index contributed by atoms with van der Waals surface area (Å²) in [5.74, 6) is -0.0611. The number of aromatic nitrogens is 1. The lowest BCUT2D eigenvalue weighted by Gasteiger charge is -2.08. The lowest BCUT2D eigenvalue weighted by molar-refractivity contribution is 0.647. The molecular weight excluding hydrogens is 266 g/mol. The van der Waals surface area contributed by atoms with Crippen molar-refractivity contribution in [1.82, 2.24) is 4.98 Å². The van der Waals surface area contributed by atoms with Gasteiger partial charge in [0, 0.05) is 14.5 Å². The molecular formula is C21H21N. The Morgan fingerprint density at radius 1 is 0.864 bits per heavy atom. The molecule has 0 spiro atoms. The maximum atomic E-state index is 8.20. The van der Waals surface area contributed by atoms with E-state index in [0.29, 0.717) is 0 Å². The van der Waals surface area contributed by atoms with Crippen LogP contribution < -0.4 is 0 Å². The first kappa shape index (κ1) is 12.2. The molecule has 2 aromatic carbocycles. The molecule has 22 heavy (non-hydrogen) atoms. The molecule has 0 aliphatic carbocycles. The minimum Gasteiger partial charge on any atom is -0.256 e. The molecule has 0 atom stereocenters. The fourth-order valence-electron chi connectivity index (χ4n) is 2.47. The van der Waals surface area contributed by atoms with Crippen molar-refractivity contribution < 1.29 is 2.74 Å². The van der Waals surface area contributed by atoms with E-state index in [9.17, 15) is 0 Å². The highest BCUT2D eigenvalue weighted by atomic mass is 14.7. The molecule has 0 saturated carbocycles. The summed E-state index contributed by atoms with van der Waals surface area (Å²) < 4.78 is 16.4. The van der Waals surface area contributed by atoms with E-state index in [1.54, 1.807) is 0 Å². The fraction of sp³-hybridized carbons (Fsp3) is 0.190. The molecule has 0 N–H and O–H groups in total. The number of nitrogens with zero attached hydrogens (tertiary/aromatic N) is 1. The summed E-state index contributed by atoms with van der Waals surface area (Å²) in [6.45, 7) is 3.81. The van der Waals surface area contributed by atoms with Crippen LogP contribution in [-0.4, -0.2) is 4.98 Å². The van der Waals surface area contributed by atoms with Crippen LogP contribution in [0.15, 0.2) is 72.9 Å². The van der Waals surface area contributed by atoms with Crippen LogP contribution >= 0.6 is 0 Å². The van der Waals surface area contributed by atoms with E-state index in [4.69, 9.17) is 2.74 Å². The van der Waals surface area contributed by atoms with Gasteiger partial charge in [0.2, 0.25) is 0 Å². The normalized spacial score (nSPS) is 12.9. The van der Waals surface area contributed by atoms with Crippen LogP contribution in [0.3, 0.4) is 0 Å². The maximum Gasteiger partial charge on any atom is 0.0708 e. The minimum atomic E-state index is -1.31. The van der Waals surface area contributed by atoms with E-state index in [0.717, 1.165) is 27.9 Å². The highest BCUT2D eigenvalue weighted by Crippen LogP contribution is 2.25. The number of benzene rings is 2. The fourth-order valence-corrected chi connectivity index (χ4v) is 2.47. The first-order valence-electron chi connectivity index (χ1n) is 8.61. The Morgan fingerprint density at radius 2 is 1.59 bits per heavy atom. The first-order valence-corrected chi connectivity index (χ1v) is 7.61. The molecule has 1 heterocycles. The molecule has 3 aromatic rings. The Balaban J connectivity index is 1.93.